The van der Waals surface area contributed by atoms with Crippen LogP contribution in [-0.4, -0.2) is 45.1 Å². The van der Waals surface area contributed by atoms with E-state index in [9.17, 15) is 13.2 Å². The Morgan fingerprint density at radius 2 is 1.83 bits per heavy atom. The fourth-order valence-corrected chi connectivity index (χ4v) is 4.74. The molecule has 5 N–H and O–H groups in total. The number of anilines is 3. The Morgan fingerprint density at radius 3 is 2.56 bits per heavy atom. The molecule has 0 saturated carbocycles. The minimum absolute atomic E-state index is 0.107. The molecule has 11 heteroatoms. The monoisotopic (exact) mass is 496 g/mol. The summed E-state index contributed by atoms with van der Waals surface area (Å²) in [5.41, 5.74) is 8.53. The summed E-state index contributed by atoms with van der Waals surface area (Å²) in [5, 5.41) is 7.48. The van der Waals surface area contributed by atoms with Crippen molar-refractivity contribution < 1.29 is 13.2 Å². The van der Waals surface area contributed by atoms with Crippen LogP contribution in [0.1, 0.15) is 25.1 Å². The molecule has 0 aliphatic carbocycles. The number of nitrogens with one attached hydrogen (secondary N) is 3. The maximum atomic E-state index is 13.8. The van der Waals surface area contributed by atoms with Gasteiger partial charge >= 0.3 is 6.18 Å². The SMILES string of the molecule is C[C@@H]1CN(c2cc(C(F)(F)F)cc(CNc3ccnc4[nH]cc(-c5ccnc(N)c5)c34)n2)C[C@H](C)N1. The van der Waals surface area contributed by atoms with E-state index in [1.165, 1.54) is 0 Å². The first-order valence-electron chi connectivity index (χ1n) is 11.7. The number of pyridine rings is 3. The van der Waals surface area contributed by atoms with Crippen LogP contribution < -0.4 is 21.3 Å². The normalized spacial score (nSPS) is 18.5. The Morgan fingerprint density at radius 1 is 1.08 bits per heavy atom. The first kappa shape index (κ1) is 23.9. The summed E-state index contributed by atoms with van der Waals surface area (Å²) in [4.78, 5) is 18.1. The van der Waals surface area contributed by atoms with E-state index in [0.29, 0.717) is 36.1 Å². The quantitative estimate of drug-likeness (QED) is 0.324. The number of piperazine rings is 1. The van der Waals surface area contributed by atoms with E-state index in [-0.39, 0.29) is 18.6 Å². The minimum Gasteiger partial charge on any atom is -0.384 e. The highest BCUT2D eigenvalue weighted by Gasteiger charge is 2.33. The number of H-pyrrole nitrogens is 1. The highest BCUT2D eigenvalue weighted by molar-refractivity contribution is 6.02. The number of rotatable bonds is 5. The first-order chi connectivity index (χ1) is 17.2. The molecule has 1 aliphatic rings. The molecular weight excluding hydrogens is 469 g/mol. The number of halogens is 3. The summed E-state index contributed by atoms with van der Waals surface area (Å²) in [7, 11) is 0. The Kier molecular flexibility index (Phi) is 6.17. The Hall–Kier alpha value is -3.86. The average molecular weight is 497 g/mol. The molecule has 0 spiro atoms. The van der Waals surface area contributed by atoms with Crippen LogP contribution in [0.25, 0.3) is 22.2 Å². The number of aromatic nitrogens is 4. The van der Waals surface area contributed by atoms with Gasteiger partial charge in [-0.25, -0.2) is 15.0 Å². The molecule has 1 aliphatic heterocycles. The number of hydrogen-bond donors (Lipinski definition) is 4. The average Bonchev–Trinajstić information content (AvgIpc) is 3.26. The molecule has 5 heterocycles. The van der Waals surface area contributed by atoms with E-state index in [1.807, 2.05) is 31.0 Å². The summed E-state index contributed by atoms with van der Waals surface area (Å²) in [6, 6.07) is 7.92. The van der Waals surface area contributed by atoms with E-state index < -0.39 is 11.7 Å². The van der Waals surface area contributed by atoms with E-state index in [1.54, 1.807) is 24.5 Å². The van der Waals surface area contributed by atoms with Crippen molar-refractivity contribution in [1.29, 1.82) is 0 Å². The van der Waals surface area contributed by atoms with Gasteiger partial charge in [0.1, 0.15) is 17.3 Å². The molecule has 1 fully saturated rings. The molecule has 0 unspecified atom stereocenters. The molecule has 0 aromatic carbocycles. The van der Waals surface area contributed by atoms with Crippen molar-refractivity contribution in [3.05, 3.63) is 60.2 Å². The molecule has 188 valence electrons. The number of alkyl halides is 3. The molecule has 0 bridgehead atoms. The van der Waals surface area contributed by atoms with Gasteiger partial charge in [-0.15, -0.1) is 0 Å². The number of hydrogen-bond acceptors (Lipinski definition) is 7. The number of nitrogens with two attached hydrogens (primary N) is 1. The largest absolute Gasteiger partial charge is 0.416 e. The Bertz CT molecular complexity index is 1370. The molecule has 36 heavy (non-hydrogen) atoms. The third-order valence-corrected chi connectivity index (χ3v) is 6.20. The molecule has 5 rings (SSSR count). The van der Waals surface area contributed by atoms with Gasteiger partial charge in [0.2, 0.25) is 0 Å². The van der Waals surface area contributed by atoms with Crippen molar-refractivity contribution >= 4 is 28.4 Å². The lowest BCUT2D eigenvalue weighted by Gasteiger charge is -2.37. The van der Waals surface area contributed by atoms with Crippen LogP contribution in [-0.2, 0) is 12.7 Å². The molecule has 0 amide bonds. The van der Waals surface area contributed by atoms with Gasteiger partial charge in [-0.05, 0) is 49.7 Å². The summed E-state index contributed by atoms with van der Waals surface area (Å²) >= 11 is 0. The summed E-state index contributed by atoms with van der Waals surface area (Å²) < 4.78 is 41.3. The van der Waals surface area contributed by atoms with Crippen molar-refractivity contribution in [1.82, 2.24) is 25.3 Å². The zero-order chi connectivity index (χ0) is 25.4. The second-order valence-electron chi connectivity index (χ2n) is 9.18. The van der Waals surface area contributed by atoms with Crippen LogP contribution in [0.5, 0.6) is 0 Å². The minimum atomic E-state index is -4.48. The van der Waals surface area contributed by atoms with E-state index in [2.05, 4.69) is 30.6 Å². The third-order valence-electron chi connectivity index (χ3n) is 6.20. The highest BCUT2D eigenvalue weighted by Crippen LogP contribution is 2.35. The molecule has 1 saturated heterocycles. The van der Waals surface area contributed by atoms with Crippen molar-refractivity contribution in [2.75, 3.05) is 29.0 Å². The summed E-state index contributed by atoms with van der Waals surface area (Å²) in [6.45, 7) is 5.30. The predicted molar refractivity (Wildman–Crippen MR) is 135 cm³/mol. The van der Waals surface area contributed by atoms with Gasteiger partial charge < -0.3 is 26.3 Å². The molecule has 4 aromatic rings. The van der Waals surface area contributed by atoms with Crippen LogP contribution in [0, 0.1) is 0 Å². The zero-order valence-electron chi connectivity index (χ0n) is 19.9. The smallest absolute Gasteiger partial charge is 0.384 e. The maximum absolute atomic E-state index is 13.8. The van der Waals surface area contributed by atoms with E-state index in [0.717, 1.165) is 34.3 Å². The lowest BCUT2D eigenvalue weighted by atomic mass is 10.1. The third kappa shape index (κ3) is 4.92. The first-order valence-corrected chi connectivity index (χ1v) is 11.7. The van der Waals surface area contributed by atoms with Gasteiger partial charge in [-0.1, -0.05) is 0 Å². The van der Waals surface area contributed by atoms with E-state index >= 15 is 0 Å². The van der Waals surface area contributed by atoms with Gasteiger partial charge in [0, 0.05) is 60.4 Å². The van der Waals surface area contributed by atoms with Crippen LogP contribution >= 0.6 is 0 Å². The number of aromatic amines is 1. The van der Waals surface area contributed by atoms with Gasteiger partial charge in [-0.2, -0.15) is 13.2 Å². The number of nitrogens with zero attached hydrogens (tertiary/aromatic N) is 4. The van der Waals surface area contributed by atoms with Crippen molar-refractivity contribution in [2.24, 2.45) is 0 Å². The van der Waals surface area contributed by atoms with Gasteiger partial charge in [0.15, 0.2) is 0 Å². The van der Waals surface area contributed by atoms with E-state index in [4.69, 9.17) is 5.73 Å². The molecule has 4 aromatic heterocycles. The molecule has 8 nitrogen and oxygen atoms in total. The Labute approximate surface area is 206 Å². The van der Waals surface area contributed by atoms with Crippen LogP contribution in [0.2, 0.25) is 0 Å². The second kappa shape index (κ2) is 9.30. The maximum Gasteiger partial charge on any atom is 0.416 e. The van der Waals surface area contributed by atoms with Crippen LogP contribution in [0.4, 0.5) is 30.5 Å². The lowest BCUT2D eigenvalue weighted by Crippen LogP contribution is -2.54. The van der Waals surface area contributed by atoms with Gasteiger partial charge in [-0.3, -0.25) is 0 Å². The van der Waals surface area contributed by atoms with Crippen molar-refractivity contribution in [3.63, 3.8) is 0 Å². The number of nitrogen functional groups attached to an aromatic ring is 1. The standard InChI is InChI=1S/C25H27F3N8/c1-14-12-36(13-15(2)34-14)22-9-17(25(26,27)28)8-18(35-22)10-32-20-4-6-31-24-23(20)19(11-33-24)16-3-5-30-21(29)7-16/h3-9,11,14-15,34H,10,12-13H2,1-2H3,(H2,29,30)(H2,31,32,33)/t14-,15+. The molecular formula is C25H27F3N8. The summed E-state index contributed by atoms with van der Waals surface area (Å²) in [5.74, 6) is 0.716. The second-order valence-corrected chi connectivity index (χ2v) is 9.18. The fourth-order valence-electron chi connectivity index (χ4n) is 4.74. The fraction of sp³-hybridized carbons (Fsp3) is 0.320. The summed E-state index contributed by atoms with van der Waals surface area (Å²) in [6.07, 6.45) is 0.612. The predicted octanol–water partition coefficient (Wildman–Crippen LogP) is 4.42. The Balaban J connectivity index is 1.48. The highest BCUT2D eigenvalue weighted by atomic mass is 19.4. The molecule has 0 radical (unpaired) electrons. The molecule has 2 atom stereocenters. The van der Waals surface area contributed by atoms with Crippen LogP contribution in [0.3, 0.4) is 0 Å². The van der Waals surface area contributed by atoms with Crippen molar-refractivity contribution in [2.45, 2.75) is 38.7 Å². The topological polar surface area (TPSA) is 108 Å². The number of fused-ring (bicyclic) bond motifs is 1. The van der Waals surface area contributed by atoms with Crippen molar-refractivity contribution in [3.8, 4) is 11.1 Å². The lowest BCUT2D eigenvalue weighted by molar-refractivity contribution is -0.137. The zero-order valence-corrected chi connectivity index (χ0v) is 19.9. The van der Waals surface area contributed by atoms with Gasteiger partial charge in [0.05, 0.1) is 17.8 Å². The van der Waals surface area contributed by atoms with Gasteiger partial charge in [0.25, 0.3) is 0 Å². The van der Waals surface area contributed by atoms with Crippen LogP contribution in [0.15, 0.2) is 48.9 Å².